The quantitative estimate of drug-likeness (QED) is 0.757. The molecule has 2 nitrogen and oxygen atoms in total. The fraction of sp³-hybridized carbons (Fsp3) is 0.700. The Morgan fingerprint density at radius 1 is 1.14 bits per heavy atom. The van der Waals surface area contributed by atoms with Crippen molar-refractivity contribution in [2.45, 2.75) is 70.0 Å². The average Bonchev–Trinajstić information content (AvgIpc) is 2.95. The van der Waals surface area contributed by atoms with Gasteiger partial charge in [-0.15, -0.1) is 0 Å². The Kier molecular flexibility index (Phi) is 2.38. The molecule has 1 aromatic carbocycles. The number of rotatable bonds is 0. The van der Waals surface area contributed by atoms with Gasteiger partial charge in [0.15, 0.2) is 0 Å². The predicted molar refractivity (Wildman–Crippen MR) is 91.1 cm³/mol. The second-order valence-corrected chi connectivity index (χ2v) is 9.21. The lowest BCUT2D eigenvalue weighted by molar-refractivity contribution is -0.00831. The summed E-state index contributed by atoms with van der Waals surface area (Å²) >= 11 is 0. The molecule has 1 saturated heterocycles. The third-order valence-electron chi connectivity index (χ3n) is 7.98. The number of nitrogens with one attached hydrogen (secondary N) is 2. The minimum Gasteiger partial charge on any atom is -0.378 e. The van der Waals surface area contributed by atoms with Gasteiger partial charge in [0, 0.05) is 22.8 Å². The van der Waals surface area contributed by atoms with Crippen LogP contribution in [0.25, 0.3) is 0 Å². The van der Waals surface area contributed by atoms with Crippen molar-refractivity contribution in [3.05, 3.63) is 29.8 Å². The van der Waals surface area contributed by atoms with E-state index < -0.39 is 0 Å². The molecule has 1 aromatic rings. The smallest absolute Gasteiger partial charge is 0.0486 e. The topological polar surface area (TPSA) is 24.1 Å². The standard InChI is InChI=1S/C20H28N2/c1-18(2)14-8-9-19(3)15(10-14)17(21-18)12-20(19)11-13-6-4-5-7-16(13)22-20/h4-7,14-15,17,21-22H,8-12H2,1-3H3/t14-,15+,17+,19+,20+/m0/s1. The maximum Gasteiger partial charge on any atom is 0.0486 e. The summed E-state index contributed by atoms with van der Waals surface area (Å²) < 4.78 is 0. The Morgan fingerprint density at radius 3 is 2.77 bits per heavy atom. The number of para-hydroxylation sites is 1. The zero-order chi connectivity index (χ0) is 15.2. The van der Waals surface area contributed by atoms with Crippen LogP contribution in [0.4, 0.5) is 5.69 Å². The molecule has 0 amide bonds. The minimum atomic E-state index is 0.282. The van der Waals surface area contributed by atoms with E-state index in [0.717, 1.165) is 11.8 Å². The molecule has 3 fully saturated rings. The molecule has 2 aliphatic heterocycles. The molecular formula is C20H28N2. The Labute approximate surface area is 134 Å². The van der Waals surface area contributed by atoms with Gasteiger partial charge in [0.05, 0.1) is 0 Å². The van der Waals surface area contributed by atoms with Gasteiger partial charge in [0.1, 0.15) is 0 Å². The normalized spacial score (nSPS) is 47.3. The van der Waals surface area contributed by atoms with Gasteiger partial charge in [-0.1, -0.05) is 25.1 Å². The molecule has 2 bridgehead atoms. The number of fused-ring (bicyclic) bond motifs is 3. The van der Waals surface area contributed by atoms with E-state index in [0.29, 0.717) is 17.0 Å². The second-order valence-electron chi connectivity index (χ2n) is 9.21. The van der Waals surface area contributed by atoms with E-state index >= 15 is 0 Å². The van der Waals surface area contributed by atoms with Crippen LogP contribution in [0.1, 0.15) is 52.0 Å². The monoisotopic (exact) mass is 296 g/mol. The molecule has 22 heavy (non-hydrogen) atoms. The summed E-state index contributed by atoms with van der Waals surface area (Å²) in [5.41, 5.74) is 3.97. The molecule has 2 aliphatic carbocycles. The summed E-state index contributed by atoms with van der Waals surface area (Å²) in [5, 5.41) is 8.07. The highest BCUT2D eigenvalue weighted by molar-refractivity contribution is 5.60. The summed E-state index contributed by atoms with van der Waals surface area (Å²) in [4.78, 5) is 0. The lowest BCUT2D eigenvalue weighted by Crippen LogP contribution is -2.61. The molecule has 0 aromatic heterocycles. The van der Waals surface area contributed by atoms with Crippen molar-refractivity contribution >= 4 is 5.69 Å². The average molecular weight is 296 g/mol. The van der Waals surface area contributed by atoms with Gasteiger partial charge in [-0.05, 0) is 74.8 Å². The van der Waals surface area contributed by atoms with Crippen LogP contribution in [0, 0.1) is 17.3 Å². The van der Waals surface area contributed by atoms with Gasteiger partial charge in [-0.2, -0.15) is 0 Å². The third-order valence-corrected chi connectivity index (χ3v) is 7.98. The highest BCUT2D eigenvalue weighted by atomic mass is 15.1. The first-order valence-corrected chi connectivity index (χ1v) is 9.07. The van der Waals surface area contributed by atoms with Crippen molar-refractivity contribution in [1.29, 1.82) is 0 Å². The van der Waals surface area contributed by atoms with Crippen LogP contribution in [0.5, 0.6) is 0 Å². The van der Waals surface area contributed by atoms with E-state index in [2.05, 4.69) is 55.7 Å². The van der Waals surface area contributed by atoms with Gasteiger partial charge < -0.3 is 10.6 Å². The van der Waals surface area contributed by atoms with Gasteiger partial charge in [0.25, 0.3) is 0 Å². The number of hydrogen-bond acceptors (Lipinski definition) is 2. The van der Waals surface area contributed by atoms with Crippen molar-refractivity contribution in [2.24, 2.45) is 17.3 Å². The van der Waals surface area contributed by atoms with Gasteiger partial charge in [-0.3, -0.25) is 0 Å². The first-order chi connectivity index (χ1) is 10.4. The summed E-state index contributed by atoms with van der Waals surface area (Å²) in [6.07, 6.45) is 6.73. The molecule has 5 atom stereocenters. The van der Waals surface area contributed by atoms with Crippen molar-refractivity contribution in [3.8, 4) is 0 Å². The van der Waals surface area contributed by atoms with Gasteiger partial charge in [-0.25, -0.2) is 0 Å². The summed E-state index contributed by atoms with van der Waals surface area (Å²) in [6.45, 7) is 7.45. The Morgan fingerprint density at radius 2 is 1.95 bits per heavy atom. The van der Waals surface area contributed by atoms with Crippen molar-refractivity contribution in [3.63, 3.8) is 0 Å². The molecule has 118 valence electrons. The SMILES string of the molecule is CC1(C)N[C@@H]2C[C@]3(Cc4ccccc4N3)[C@]3(C)CC[C@H]1C[C@H]23. The molecule has 0 unspecified atom stereocenters. The lowest BCUT2D eigenvalue weighted by atomic mass is 9.55. The van der Waals surface area contributed by atoms with Gasteiger partial charge >= 0.3 is 0 Å². The molecule has 5 rings (SSSR count). The fourth-order valence-corrected chi connectivity index (χ4v) is 6.59. The zero-order valence-electron chi connectivity index (χ0n) is 14.1. The lowest BCUT2D eigenvalue weighted by Gasteiger charge is -2.55. The molecule has 2 saturated carbocycles. The Bertz CT molecular complexity index is 609. The molecule has 0 radical (unpaired) electrons. The van der Waals surface area contributed by atoms with Crippen molar-refractivity contribution in [1.82, 2.24) is 5.32 Å². The Hall–Kier alpha value is -1.02. The molecule has 2 N–H and O–H groups in total. The minimum absolute atomic E-state index is 0.282. The number of anilines is 1. The van der Waals surface area contributed by atoms with Crippen LogP contribution in [0.3, 0.4) is 0 Å². The number of piperidine rings is 1. The first kappa shape index (κ1) is 13.4. The summed E-state index contributed by atoms with van der Waals surface area (Å²) in [6, 6.07) is 9.66. The maximum atomic E-state index is 4.05. The van der Waals surface area contributed by atoms with Crippen LogP contribution >= 0.6 is 0 Å². The van der Waals surface area contributed by atoms with Crippen LogP contribution in [0.15, 0.2) is 24.3 Å². The van der Waals surface area contributed by atoms with E-state index in [1.807, 2.05) is 0 Å². The molecular weight excluding hydrogens is 268 g/mol. The van der Waals surface area contributed by atoms with Crippen LogP contribution in [-0.4, -0.2) is 17.1 Å². The van der Waals surface area contributed by atoms with Crippen LogP contribution in [-0.2, 0) is 6.42 Å². The van der Waals surface area contributed by atoms with Crippen LogP contribution < -0.4 is 10.6 Å². The van der Waals surface area contributed by atoms with Crippen molar-refractivity contribution < 1.29 is 0 Å². The summed E-state index contributed by atoms with van der Waals surface area (Å²) in [5.74, 6) is 1.71. The fourth-order valence-electron chi connectivity index (χ4n) is 6.59. The van der Waals surface area contributed by atoms with E-state index in [-0.39, 0.29) is 5.54 Å². The highest BCUT2D eigenvalue weighted by Gasteiger charge is 2.66. The molecule has 2 heterocycles. The van der Waals surface area contributed by atoms with E-state index in [9.17, 15) is 0 Å². The first-order valence-electron chi connectivity index (χ1n) is 9.07. The molecule has 2 heteroatoms. The van der Waals surface area contributed by atoms with E-state index in [1.165, 1.54) is 43.4 Å². The van der Waals surface area contributed by atoms with Crippen molar-refractivity contribution in [2.75, 3.05) is 5.32 Å². The zero-order valence-corrected chi connectivity index (χ0v) is 14.1. The van der Waals surface area contributed by atoms with E-state index in [4.69, 9.17) is 0 Å². The number of hydrogen-bond donors (Lipinski definition) is 2. The molecule has 1 spiro atoms. The highest BCUT2D eigenvalue weighted by Crippen LogP contribution is 2.65. The number of benzene rings is 1. The summed E-state index contributed by atoms with van der Waals surface area (Å²) in [7, 11) is 0. The van der Waals surface area contributed by atoms with Gasteiger partial charge in [0.2, 0.25) is 0 Å². The maximum absolute atomic E-state index is 4.05. The molecule has 4 aliphatic rings. The third kappa shape index (κ3) is 1.45. The Balaban J connectivity index is 1.58. The largest absolute Gasteiger partial charge is 0.378 e. The second kappa shape index (κ2) is 3.90. The van der Waals surface area contributed by atoms with Crippen LogP contribution in [0.2, 0.25) is 0 Å². The predicted octanol–water partition coefficient (Wildman–Crippen LogP) is 3.97. The van der Waals surface area contributed by atoms with E-state index in [1.54, 1.807) is 0 Å².